The Hall–Kier alpha value is -1.79. The Morgan fingerprint density at radius 2 is 2.00 bits per heavy atom. The van der Waals surface area contributed by atoms with Gasteiger partial charge in [-0.15, -0.1) is 0 Å². The van der Waals surface area contributed by atoms with E-state index in [1.165, 1.54) is 7.11 Å². The van der Waals surface area contributed by atoms with E-state index in [-0.39, 0.29) is 10.9 Å². The second-order valence-electron chi connectivity index (χ2n) is 5.57. The third-order valence-electron chi connectivity index (χ3n) is 4.19. The fourth-order valence-corrected chi connectivity index (χ4v) is 4.84. The molecule has 1 atom stereocenters. The van der Waals surface area contributed by atoms with Crippen molar-refractivity contribution in [3.63, 3.8) is 0 Å². The molecule has 0 radical (unpaired) electrons. The second kappa shape index (κ2) is 5.44. The second-order valence-corrected chi connectivity index (χ2v) is 7.43. The minimum absolute atomic E-state index is 0.195. The predicted octanol–water partition coefficient (Wildman–Crippen LogP) is 2.57. The van der Waals surface area contributed by atoms with Gasteiger partial charge in [-0.05, 0) is 43.7 Å². The van der Waals surface area contributed by atoms with Crippen molar-refractivity contribution in [1.29, 1.82) is 0 Å². The minimum atomic E-state index is -3.60. The summed E-state index contributed by atoms with van der Waals surface area (Å²) in [5.41, 5.74) is 1.91. The maximum absolute atomic E-state index is 13.1. The van der Waals surface area contributed by atoms with Crippen LogP contribution in [0.1, 0.15) is 24.2 Å². The zero-order valence-corrected chi connectivity index (χ0v) is 13.8. The zero-order valence-electron chi connectivity index (χ0n) is 13.0. The number of ether oxygens (including phenoxy) is 1. The summed E-state index contributed by atoms with van der Waals surface area (Å²) >= 11 is 0. The lowest BCUT2D eigenvalue weighted by molar-refractivity contribution is 0.281. The summed E-state index contributed by atoms with van der Waals surface area (Å²) in [6.07, 6.45) is 1.99. The Morgan fingerprint density at radius 1 is 1.23 bits per heavy atom. The molecular formula is C16H20N2O3S. The molecule has 3 rings (SSSR count). The highest BCUT2D eigenvalue weighted by molar-refractivity contribution is 7.89. The summed E-state index contributed by atoms with van der Waals surface area (Å²) in [6, 6.07) is 8.96. The lowest BCUT2D eigenvalue weighted by atomic mass is 10.2. The molecule has 1 aliphatic rings. The number of aromatic nitrogens is 1. The Kier molecular flexibility index (Phi) is 3.74. The molecule has 0 aliphatic carbocycles. The highest BCUT2D eigenvalue weighted by atomic mass is 32.2. The van der Waals surface area contributed by atoms with E-state index in [2.05, 4.69) is 4.57 Å². The van der Waals surface area contributed by atoms with Gasteiger partial charge in [0.15, 0.2) is 0 Å². The van der Waals surface area contributed by atoms with E-state index in [1.54, 1.807) is 16.4 Å². The van der Waals surface area contributed by atoms with Gasteiger partial charge in [-0.2, -0.15) is 4.31 Å². The lowest BCUT2D eigenvalue weighted by Gasteiger charge is -2.34. The van der Waals surface area contributed by atoms with Crippen LogP contribution < -0.4 is 4.74 Å². The molecule has 0 saturated carbocycles. The highest BCUT2D eigenvalue weighted by Gasteiger charge is 2.35. The van der Waals surface area contributed by atoms with Crippen molar-refractivity contribution in [1.82, 2.24) is 8.87 Å². The Bertz CT molecular complexity index is 795. The van der Waals surface area contributed by atoms with Crippen molar-refractivity contribution < 1.29 is 13.2 Å². The third-order valence-corrected chi connectivity index (χ3v) is 6.18. The van der Waals surface area contributed by atoms with Crippen molar-refractivity contribution in [3.8, 4) is 5.75 Å². The quantitative estimate of drug-likeness (QED) is 0.873. The van der Waals surface area contributed by atoms with Gasteiger partial charge in [0.2, 0.25) is 10.0 Å². The largest absolute Gasteiger partial charge is 0.495 e. The van der Waals surface area contributed by atoms with Crippen molar-refractivity contribution in [3.05, 3.63) is 47.8 Å². The molecule has 0 bridgehead atoms. The first kappa shape index (κ1) is 15.1. The van der Waals surface area contributed by atoms with Gasteiger partial charge in [-0.25, -0.2) is 8.42 Å². The fraction of sp³-hybridized carbons (Fsp3) is 0.375. The van der Waals surface area contributed by atoms with Gasteiger partial charge >= 0.3 is 0 Å². The zero-order chi connectivity index (χ0) is 15.9. The first-order chi connectivity index (χ1) is 10.4. The first-order valence-electron chi connectivity index (χ1n) is 7.26. The number of hydrogen-bond donors (Lipinski definition) is 0. The van der Waals surface area contributed by atoms with E-state index in [9.17, 15) is 8.42 Å². The molecule has 1 aromatic heterocycles. The Balaban J connectivity index is 2.06. The van der Waals surface area contributed by atoms with Crippen LogP contribution in [-0.4, -0.2) is 30.9 Å². The van der Waals surface area contributed by atoms with E-state index < -0.39 is 10.0 Å². The van der Waals surface area contributed by atoms with E-state index in [0.717, 1.165) is 11.3 Å². The number of fused-ring (bicyclic) bond motifs is 1. The number of sulfonamides is 1. The molecular weight excluding hydrogens is 300 g/mol. The number of nitrogens with zero attached hydrogens (tertiary/aromatic N) is 2. The molecule has 0 fully saturated rings. The van der Waals surface area contributed by atoms with Gasteiger partial charge < -0.3 is 9.30 Å². The average Bonchev–Trinajstić information content (AvgIpc) is 2.96. The third kappa shape index (κ3) is 2.32. The van der Waals surface area contributed by atoms with Gasteiger partial charge in [0.1, 0.15) is 10.6 Å². The molecule has 1 aliphatic heterocycles. The van der Waals surface area contributed by atoms with Crippen LogP contribution in [-0.2, 0) is 16.6 Å². The van der Waals surface area contributed by atoms with Gasteiger partial charge in [0, 0.05) is 25.0 Å². The standard InChI is InChI=1S/C16H20N2O3S/c1-12-6-7-15(21-3)16(11-12)22(19,20)18-10-9-17-8-4-5-14(17)13(18)2/h4-8,11,13H,9-10H2,1-3H3/t13-/m1/s1. The van der Waals surface area contributed by atoms with Gasteiger partial charge in [-0.3, -0.25) is 0 Å². The first-order valence-corrected chi connectivity index (χ1v) is 8.70. The summed E-state index contributed by atoms with van der Waals surface area (Å²) < 4.78 is 35.1. The molecule has 118 valence electrons. The van der Waals surface area contributed by atoms with Gasteiger partial charge in [0.25, 0.3) is 0 Å². The van der Waals surface area contributed by atoms with Crippen molar-refractivity contribution in [2.75, 3.05) is 13.7 Å². The maximum Gasteiger partial charge on any atom is 0.247 e. The molecule has 1 aromatic carbocycles. The van der Waals surface area contributed by atoms with Crippen LogP contribution in [0.25, 0.3) is 0 Å². The molecule has 2 aromatic rings. The average molecular weight is 320 g/mol. The van der Waals surface area contributed by atoms with E-state index in [1.807, 2.05) is 38.2 Å². The number of methoxy groups -OCH3 is 1. The van der Waals surface area contributed by atoms with Gasteiger partial charge in [0.05, 0.1) is 13.2 Å². The normalized spacial score (nSPS) is 19.0. The van der Waals surface area contributed by atoms with Crippen LogP contribution in [0.3, 0.4) is 0 Å². The predicted molar refractivity (Wildman–Crippen MR) is 84.5 cm³/mol. The number of benzene rings is 1. The molecule has 5 nitrogen and oxygen atoms in total. The van der Waals surface area contributed by atoms with Crippen molar-refractivity contribution >= 4 is 10.0 Å². The maximum atomic E-state index is 13.1. The molecule has 22 heavy (non-hydrogen) atoms. The molecule has 0 N–H and O–H groups in total. The summed E-state index contributed by atoms with van der Waals surface area (Å²) in [7, 11) is -2.11. The van der Waals surface area contributed by atoms with Crippen LogP contribution >= 0.6 is 0 Å². The topological polar surface area (TPSA) is 51.5 Å². The Morgan fingerprint density at radius 3 is 2.73 bits per heavy atom. The summed E-state index contributed by atoms with van der Waals surface area (Å²) in [5, 5.41) is 0. The SMILES string of the molecule is COc1ccc(C)cc1S(=O)(=O)N1CCn2cccc2[C@H]1C. The molecule has 0 saturated heterocycles. The smallest absolute Gasteiger partial charge is 0.247 e. The van der Waals surface area contributed by atoms with E-state index in [0.29, 0.717) is 18.8 Å². The molecule has 0 spiro atoms. The number of aryl methyl sites for hydroxylation is 1. The Labute approximate surface area is 131 Å². The van der Waals surface area contributed by atoms with E-state index in [4.69, 9.17) is 4.74 Å². The molecule has 6 heteroatoms. The van der Waals surface area contributed by atoms with Crippen molar-refractivity contribution in [2.45, 2.75) is 31.3 Å². The summed E-state index contributed by atoms with van der Waals surface area (Å²) in [6.45, 7) is 4.93. The summed E-state index contributed by atoms with van der Waals surface area (Å²) in [5.74, 6) is 0.388. The van der Waals surface area contributed by atoms with Crippen LogP contribution in [0.4, 0.5) is 0 Å². The molecule has 0 amide bonds. The monoisotopic (exact) mass is 320 g/mol. The van der Waals surface area contributed by atoms with Crippen LogP contribution in [0, 0.1) is 6.92 Å². The highest BCUT2D eigenvalue weighted by Crippen LogP contribution is 2.34. The molecule has 2 heterocycles. The summed E-state index contributed by atoms with van der Waals surface area (Å²) in [4.78, 5) is 0.238. The van der Waals surface area contributed by atoms with E-state index >= 15 is 0 Å². The number of hydrogen-bond acceptors (Lipinski definition) is 3. The van der Waals surface area contributed by atoms with Crippen LogP contribution in [0.15, 0.2) is 41.4 Å². The fourth-order valence-electron chi connectivity index (χ4n) is 3.00. The lowest BCUT2D eigenvalue weighted by Crippen LogP contribution is -2.40. The van der Waals surface area contributed by atoms with Crippen LogP contribution in [0.5, 0.6) is 5.75 Å². The minimum Gasteiger partial charge on any atom is -0.495 e. The molecule has 0 unspecified atom stereocenters. The van der Waals surface area contributed by atoms with Crippen LogP contribution in [0.2, 0.25) is 0 Å². The van der Waals surface area contributed by atoms with Gasteiger partial charge in [-0.1, -0.05) is 6.07 Å². The number of rotatable bonds is 3. The van der Waals surface area contributed by atoms with Crippen molar-refractivity contribution in [2.24, 2.45) is 0 Å².